The van der Waals surface area contributed by atoms with Gasteiger partial charge < -0.3 is 38.5 Å². The fraction of sp³-hybridized carbons (Fsp3) is 0.393. The molecule has 0 spiro atoms. The Labute approximate surface area is 463 Å². The highest BCUT2D eigenvalue weighted by molar-refractivity contribution is 7.92. The zero-order chi connectivity index (χ0) is 54.6. The molecule has 0 bridgehead atoms. The Morgan fingerprint density at radius 3 is 1.35 bits per heavy atom. The molecular formula is C61H68N10O7S. The van der Waals surface area contributed by atoms with Crippen LogP contribution in [0.2, 0.25) is 0 Å². The number of aromatic nitrogens is 3. The van der Waals surface area contributed by atoms with E-state index in [1.165, 1.54) is 11.1 Å². The Morgan fingerprint density at radius 2 is 0.937 bits per heavy atom. The molecule has 9 heterocycles. The zero-order valence-electron chi connectivity index (χ0n) is 45.7. The molecule has 0 radical (unpaired) electrons. The van der Waals surface area contributed by atoms with Crippen molar-refractivity contribution in [2.24, 2.45) is 15.0 Å². The first-order valence-corrected chi connectivity index (χ1v) is 29.0. The molecule has 6 aliphatic heterocycles. The second kappa shape index (κ2) is 23.4. The number of hydrogen-bond donors (Lipinski definition) is 0. The van der Waals surface area contributed by atoms with E-state index in [2.05, 4.69) is 55.1 Å². The number of aliphatic imine (C=N–C) groups is 3. The molecule has 79 heavy (non-hydrogen) atoms. The maximum absolute atomic E-state index is 12.6. The molecule has 3 aromatic heterocycles. The summed E-state index contributed by atoms with van der Waals surface area (Å²) >= 11 is 0. The van der Waals surface area contributed by atoms with Crippen molar-refractivity contribution in [2.75, 3.05) is 94.0 Å². The number of anilines is 3. The Bertz CT molecular complexity index is 3440. The fourth-order valence-corrected chi connectivity index (χ4v) is 12.1. The Kier molecular flexibility index (Phi) is 15.9. The van der Waals surface area contributed by atoms with Crippen molar-refractivity contribution in [3.05, 3.63) is 160 Å². The van der Waals surface area contributed by atoms with Crippen molar-refractivity contribution >= 4 is 50.3 Å². The lowest BCUT2D eigenvalue weighted by molar-refractivity contribution is -0.129. The van der Waals surface area contributed by atoms with Crippen LogP contribution in [0.15, 0.2) is 129 Å². The van der Waals surface area contributed by atoms with Crippen molar-refractivity contribution < 1.29 is 32.2 Å². The second-order valence-electron chi connectivity index (χ2n) is 21.2. The predicted molar refractivity (Wildman–Crippen MR) is 308 cm³/mol. The third-order valence-corrected chi connectivity index (χ3v) is 17.0. The van der Waals surface area contributed by atoms with Gasteiger partial charge in [0, 0.05) is 98.3 Å². The number of nitrogens with zero attached hydrogens (tertiary/aromatic N) is 10. The monoisotopic (exact) mass is 1080 g/mol. The lowest BCUT2D eigenvalue weighted by Crippen LogP contribution is -2.48. The van der Waals surface area contributed by atoms with Gasteiger partial charge in [-0.3, -0.25) is 19.8 Å². The second-order valence-corrected chi connectivity index (χ2v) is 23.4. The number of morpholine rings is 2. The molecule has 3 aromatic carbocycles. The molecule has 13 rings (SSSR count). The van der Waals surface area contributed by atoms with Gasteiger partial charge in [0.15, 0.2) is 9.84 Å². The summed E-state index contributed by atoms with van der Waals surface area (Å²) in [6.07, 6.45) is 7.30. The number of amides is 1. The van der Waals surface area contributed by atoms with Gasteiger partial charge in [-0.1, -0.05) is 18.2 Å². The molecule has 18 heteroatoms. The number of ether oxygens (including phenoxy) is 4. The van der Waals surface area contributed by atoms with Gasteiger partial charge in [0.2, 0.25) is 5.91 Å². The van der Waals surface area contributed by atoms with Crippen LogP contribution in [0.4, 0.5) is 17.5 Å². The van der Waals surface area contributed by atoms with Crippen LogP contribution in [0.5, 0.6) is 11.5 Å². The lowest BCUT2D eigenvalue weighted by atomic mass is 10.0. The first-order chi connectivity index (χ1) is 38.3. The lowest BCUT2D eigenvalue weighted by Gasteiger charge is -2.32. The molecule has 3 saturated heterocycles. The molecule has 1 amide bonds. The average molecular weight is 1090 g/mol. The smallest absolute Gasteiger partial charge is 0.241 e. The van der Waals surface area contributed by atoms with Crippen LogP contribution in [0.3, 0.4) is 0 Å². The maximum atomic E-state index is 12.6. The molecule has 0 atom stereocenters. The number of rotatable bonds is 12. The molecular weight excluding hydrogens is 1020 g/mol. The summed E-state index contributed by atoms with van der Waals surface area (Å²) in [5.74, 6) is 4.59. The van der Waals surface area contributed by atoms with Crippen LogP contribution >= 0.6 is 0 Å². The van der Waals surface area contributed by atoms with Gasteiger partial charge in [-0.15, -0.1) is 0 Å². The minimum Gasteiger partial charge on any atom is -0.491 e. The molecule has 410 valence electrons. The summed E-state index contributed by atoms with van der Waals surface area (Å²) in [7, 11) is -1.37. The van der Waals surface area contributed by atoms with E-state index >= 15 is 0 Å². The van der Waals surface area contributed by atoms with E-state index in [1.54, 1.807) is 23.4 Å². The Morgan fingerprint density at radius 1 is 0.519 bits per heavy atom. The minimum atomic E-state index is -3.21. The number of pyridine rings is 3. The summed E-state index contributed by atoms with van der Waals surface area (Å²) < 4.78 is 47.8. The van der Waals surface area contributed by atoms with Crippen LogP contribution in [0.25, 0.3) is 0 Å². The van der Waals surface area contributed by atoms with Crippen LogP contribution in [0, 0.1) is 0 Å². The first kappa shape index (κ1) is 53.5. The highest BCUT2D eigenvalue weighted by Crippen LogP contribution is 2.36. The summed E-state index contributed by atoms with van der Waals surface area (Å²) in [6.45, 7) is 18.3. The maximum Gasteiger partial charge on any atom is 0.241 e. The van der Waals surface area contributed by atoms with Gasteiger partial charge in [-0.25, -0.2) is 23.4 Å². The molecule has 0 unspecified atom stereocenters. The van der Waals surface area contributed by atoms with Crippen molar-refractivity contribution in [3.63, 3.8) is 0 Å². The van der Waals surface area contributed by atoms with Gasteiger partial charge in [0.05, 0.1) is 92.1 Å². The van der Waals surface area contributed by atoms with Gasteiger partial charge in [0.1, 0.15) is 29.0 Å². The van der Waals surface area contributed by atoms with E-state index in [4.69, 9.17) is 33.9 Å². The zero-order valence-corrected chi connectivity index (χ0v) is 46.5. The Balaban J connectivity index is 0.000000125. The number of piperazine rings is 1. The largest absolute Gasteiger partial charge is 0.491 e. The highest BCUT2D eigenvalue weighted by atomic mass is 32.2. The normalized spacial score (nSPS) is 17.7. The van der Waals surface area contributed by atoms with E-state index in [9.17, 15) is 13.2 Å². The van der Waals surface area contributed by atoms with E-state index in [0.29, 0.717) is 44.3 Å². The summed E-state index contributed by atoms with van der Waals surface area (Å²) in [5, 5.41) is -0.203. The third-order valence-electron chi connectivity index (χ3n) is 14.8. The number of fused-ring (bicyclic) bond motifs is 3. The predicted octanol–water partition coefficient (Wildman–Crippen LogP) is 7.76. The van der Waals surface area contributed by atoms with Crippen molar-refractivity contribution in [3.8, 4) is 11.5 Å². The van der Waals surface area contributed by atoms with E-state index in [-0.39, 0.29) is 23.4 Å². The quantitative estimate of drug-likeness (QED) is 0.116. The van der Waals surface area contributed by atoms with Crippen molar-refractivity contribution in [1.29, 1.82) is 0 Å². The number of sulfone groups is 1. The van der Waals surface area contributed by atoms with Crippen LogP contribution in [-0.4, -0.2) is 148 Å². The molecule has 1 saturated carbocycles. The van der Waals surface area contributed by atoms with Crippen LogP contribution in [-0.2, 0) is 43.7 Å². The molecule has 6 aromatic rings. The summed E-state index contributed by atoms with van der Waals surface area (Å²) in [5.41, 5.74) is 12.7. The molecule has 4 fully saturated rings. The van der Waals surface area contributed by atoms with E-state index in [1.807, 2.05) is 100 Å². The van der Waals surface area contributed by atoms with Gasteiger partial charge >= 0.3 is 0 Å². The standard InChI is InChI=1S/C21H24N4O2.C20H21N3O3S.C20H23N3O2/c1-14(2)27-17-5-4-16-12-23-21(18(16)11-17)15-6-7-22-19(10-15)25-9-8-24(3)20(26)13-25;24-27(25,16-3-4-16)17-2-1-15-13-22-20(18(15)12-17)14-5-6-21-19(11-14)23-7-9-26-10-8-23;1-14(2)25-17-4-3-16-13-22-20(18(16)12-17)15-5-6-21-19(11-15)23-7-9-24-10-8-23/h4-7,10-11,14H,8-9,12-13H2,1-3H3;1-2,5-6,11-12,16H,3-4,7-10,13H2;3-6,11-12,14H,7-10,13H2,1-2H3. The summed E-state index contributed by atoms with van der Waals surface area (Å²) in [4.78, 5) is 48.4. The molecule has 1 aliphatic carbocycles. The number of carbonyl (C=O) groups is 1. The summed E-state index contributed by atoms with van der Waals surface area (Å²) in [6, 6.07) is 30.0. The Hall–Kier alpha value is -7.54. The first-order valence-electron chi connectivity index (χ1n) is 27.5. The van der Waals surface area contributed by atoms with E-state index < -0.39 is 9.84 Å². The number of likely N-dealkylation sites (N-methyl/N-ethyl adjacent to an activating group) is 1. The molecule has 17 nitrogen and oxygen atoms in total. The van der Waals surface area contributed by atoms with Crippen molar-refractivity contribution in [1.82, 2.24) is 19.9 Å². The van der Waals surface area contributed by atoms with E-state index in [0.717, 1.165) is 150 Å². The highest BCUT2D eigenvalue weighted by Gasteiger charge is 2.37. The number of carbonyl (C=O) groups excluding carboxylic acids is 1. The third kappa shape index (κ3) is 12.2. The van der Waals surface area contributed by atoms with Gasteiger partial charge in [-0.2, -0.15) is 0 Å². The van der Waals surface area contributed by atoms with Crippen LogP contribution < -0.4 is 24.2 Å². The van der Waals surface area contributed by atoms with Crippen LogP contribution in [0.1, 0.15) is 90.6 Å². The van der Waals surface area contributed by atoms with Gasteiger partial charge in [-0.05, 0) is 130 Å². The molecule has 7 aliphatic rings. The minimum absolute atomic E-state index is 0.118. The molecule has 0 N–H and O–H groups in total. The number of benzene rings is 3. The SMILES string of the molecule is CC(C)Oc1ccc2c(c1)C(c1ccnc(N3CCN(C)C(=O)C3)c1)=NC2.CC(C)Oc1ccc2c(c1)C(c1ccnc(N3CCOCC3)c1)=NC2.O=S(=O)(c1ccc2c(c1)C(c1ccnc(N3CCOCC3)c1)=NC2)C1CC1. The van der Waals surface area contributed by atoms with Crippen molar-refractivity contribution in [2.45, 2.75) is 82.5 Å². The topological polar surface area (TPSA) is 177 Å². The fourth-order valence-electron chi connectivity index (χ4n) is 10.4. The average Bonchev–Trinajstić information content (AvgIpc) is 4.11. The van der Waals surface area contributed by atoms with Gasteiger partial charge in [0.25, 0.3) is 0 Å². The number of hydrogen-bond acceptors (Lipinski definition) is 16.